The molecule has 0 atom stereocenters. The maximum Gasteiger partial charge on any atom is 0.299 e. The van der Waals surface area contributed by atoms with Crippen LogP contribution < -0.4 is 10.0 Å². The first-order chi connectivity index (χ1) is 10.8. The van der Waals surface area contributed by atoms with E-state index >= 15 is 0 Å². The van der Waals surface area contributed by atoms with Crippen molar-refractivity contribution < 1.29 is 18.0 Å². The lowest BCUT2D eigenvalue weighted by atomic mass is 10.1. The normalized spacial score (nSPS) is 14.3. The Morgan fingerprint density at radius 3 is 2.48 bits per heavy atom. The number of benzene rings is 2. The molecular formula is C16H14N2O4S. The third-order valence-electron chi connectivity index (χ3n) is 3.69. The highest BCUT2D eigenvalue weighted by atomic mass is 32.2. The monoisotopic (exact) mass is 330 g/mol. The molecule has 118 valence electrons. The van der Waals surface area contributed by atoms with E-state index in [1.165, 1.54) is 17.0 Å². The van der Waals surface area contributed by atoms with Crippen LogP contribution in [0.1, 0.15) is 21.5 Å². The van der Waals surface area contributed by atoms with Crippen LogP contribution in [0.15, 0.2) is 47.4 Å². The van der Waals surface area contributed by atoms with Gasteiger partial charge in [0.15, 0.2) is 0 Å². The van der Waals surface area contributed by atoms with Crippen molar-refractivity contribution in [3.63, 3.8) is 0 Å². The van der Waals surface area contributed by atoms with Crippen LogP contribution >= 0.6 is 0 Å². The van der Waals surface area contributed by atoms with Crippen LogP contribution in [0.4, 0.5) is 5.69 Å². The number of fused-ring (bicyclic) bond motifs is 1. The van der Waals surface area contributed by atoms with Gasteiger partial charge in [0.25, 0.3) is 11.7 Å². The molecule has 0 aliphatic carbocycles. The number of nitrogens with zero attached hydrogens (tertiary/aromatic N) is 1. The summed E-state index contributed by atoms with van der Waals surface area (Å²) in [5, 5.41) is 5.07. The number of primary sulfonamides is 1. The van der Waals surface area contributed by atoms with Gasteiger partial charge in [-0.05, 0) is 30.7 Å². The minimum absolute atomic E-state index is 0.0641. The van der Waals surface area contributed by atoms with Crippen molar-refractivity contribution in [2.45, 2.75) is 18.4 Å². The van der Waals surface area contributed by atoms with E-state index in [1.54, 1.807) is 0 Å². The average Bonchev–Trinajstić information content (AvgIpc) is 2.71. The number of carbonyl (C=O) groups excluding carboxylic acids is 2. The lowest BCUT2D eigenvalue weighted by Crippen LogP contribution is -2.29. The third kappa shape index (κ3) is 2.76. The molecule has 0 aromatic heterocycles. The Hall–Kier alpha value is -2.51. The van der Waals surface area contributed by atoms with Crippen molar-refractivity contribution >= 4 is 27.4 Å². The number of ketones is 1. The lowest BCUT2D eigenvalue weighted by Gasteiger charge is -2.17. The summed E-state index contributed by atoms with van der Waals surface area (Å²) in [6.45, 7) is 2.18. The van der Waals surface area contributed by atoms with E-state index in [0.29, 0.717) is 5.69 Å². The second-order valence-corrected chi connectivity index (χ2v) is 6.99. The molecule has 1 aliphatic heterocycles. The molecule has 6 nitrogen and oxygen atoms in total. The molecule has 0 unspecified atom stereocenters. The molecule has 3 rings (SSSR count). The first-order valence-electron chi connectivity index (χ1n) is 6.86. The maximum absolute atomic E-state index is 12.2. The predicted octanol–water partition coefficient (Wildman–Crippen LogP) is 1.37. The third-order valence-corrected chi connectivity index (χ3v) is 4.61. The van der Waals surface area contributed by atoms with Gasteiger partial charge in [0.2, 0.25) is 10.0 Å². The maximum atomic E-state index is 12.2. The highest BCUT2D eigenvalue weighted by Crippen LogP contribution is 2.32. The fraction of sp³-hybridized carbons (Fsp3) is 0.125. The Bertz CT molecular complexity index is 935. The number of Topliss-reactive ketones (excluding diaryl/α,β-unsaturated/α-hetero) is 1. The number of anilines is 1. The first-order valence-corrected chi connectivity index (χ1v) is 8.40. The van der Waals surface area contributed by atoms with Crippen LogP contribution in [0.25, 0.3) is 0 Å². The van der Waals surface area contributed by atoms with Crippen molar-refractivity contribution in [2.75, 3.05) is 4.90 Å². The zero-order chi connectivity index (χ0) is 16.8. The van der Waals surface area contributed by atoms with E-state index in [2.05, 4.69) is 0 Å². The van der Waals surface area contributed by atoms with E-state index in [-0.39, 0.29) is 17.0 Å². The summed E-state index contributed by atoms with van der Waals surface area (Å²) < 4.78 is 22.8. The summed E-state index contributed by atoms with van der Waals surface area (Å²) in [6, 6.07) is 11.5. The van der Waals surface area contributed by atoms with Gasteiger partial charge in [-0.2, -0.15) is 0 Å². The van der Waals surface area contributed by atoms with Gasteiger partial charge in [0.1, 0.15) is 0 Å². The standard InChI is InChI=1S/C16H14N2O4S/c1-10-3-2-4-11(7-10)9-18-14-6-5-12(23(17,21)22)8-13(14)15(19)16(18)20/h2-8H,9H2,1H3,(H2,17,21,22). The van der Waals surface area contributed by atoms with Gasteiger partial charge in [0, 0.05) is 0 Å². The summed E-state index contributed by atoms with van der Waals surface area (Å²) in [4.78, 5) is 25.5. The molecule has 0 fully saturated rings. The molecule has 1 aliphatic rings. The number of hydrogen-bond donors (Lipinski definition) is 1. The van der Waals surface area contributed by atoms with Gasteiger partial charge in [-0.15, -0.1) is 0 Å². The average molecular weight is 330 g/mol. The Morgan fingerprint density at radius 2 is 1.83 bits per heavy atom. The highest BCUT2D eigenvalue weighted by Gasteiger charge is 2.36. The van der Waals surface area contributed by atoms with Crippen LogP contribution in [0.5, 0.6) is 0 Å². The number of sulfonamides is 1. The topological polar surface area (TPSA) is 97.5 Å². The quantitative estimate of drug-likeness (QED) is 0.860. The number of rotatable bonds is 3. The van der Waals surface area contributed by atoms with E-state index in [4.69, 9.17) is 5.14 Å². The summed E-state index contributed by atoms with van der Waals surface area (Å²) in [6.07, 6.45) is 0. The van der Waals surface area contributed by atoms with Gasteiger partial charge in [-0.1, -0.05) is 29.8 Å². The van der Waals surface area contributed by atoms with Crippen LogP contribution in [0.2, 0.25) is 0 Å². The summed E-state index contributed by atoms with van der Waals surface area (Å²) in [5.41, 5.74) is 2.39. The fourth-order valence-electron chi connectivity index (χ4n) is 2.61. The highest BCUT2D eigenvalue weighted by molar-refractivity contribution is 7.89. The van der Waals surface area contributed by atoms with E-state index in [9.17, 15) is 18.0 Å². The molecule has 0 spiro atoms. The molecule has 7 heteroatoms. The van der Waals surface area contributed by atoms with E-state index < -0.39 is 21.7 Å². The van der Waals surface area contributed by atoms with Crippen LogP contribution in [0.3, 0.4) is 0 Å². The van der Waals surface area contributed by atoms with Crippen molar-refractivity contribution in [3.05, 3.63) is 59.2 Å². The molecule has 1 amide bonds. The fourth-order valence-corrected chi connectivity index (χ4v) is 3.15. The first kappa shape index (κ1) is 15.4. The minimum Gasteiger partial charge on any atom is -0.300 e. The summed E-state index contributed by atoms with van der Waals surface area (Å²) >= 11 is 0. The Kier molecular flexibility index (Phi) is 3.54. The van der Waals surface area contributed by atoms with Crippen molar-refractivity contribution in [3.8, 4) is 0 Å². The van der Waals surface area contributed by atoms with E-state index in [0.717, 1.165) is 17.2 Å². The summed E-state index contributed by atoms with van der Waals surface area (Å²) in [5.74, 6) is -1.40. The van der Waals surface area contributed by atoms with Crippen LogP contribution in [-0.4, -0.2) is 20.1 Å². The number of nitrogens with two attached hydrogens (primary N) is 1. The van der Waals surface area contributed by atoms with Gasteiger partial charge in [-0.25, -0.2) is 13.6 Å². The van der Waals surface area contributed by atoms with Crippen molar-refractivity contribution in [1.82, 2.24) is 0 Å². The molecule has 2 aromatic rings. The molecule has 2 aromatic carbocycles. The SMILES string of the molecule is Cc1cccc(CN2C(=O)C(=O)c3cc(S(N)(=O)=O)ccc32)c1. The molecule has 0 bridgehead atoms. The number of carbonyl (C=O) groups is 2. The Balaban J connectivity index is 2.03. The molecule has 2 N–H and O–H groups in total. The number of amides is 1. The minimum atomic E-state index is -3.93. The molecule has 0 saturated carbocycles. The van der Waals surface area contributed by atoms with Crippen molar-refractivity contribution in [2.24, 2.45) is 5.14 Å². The molecule has 0 radical (unpaired) electrons. The zero-order valence-corrected chi connectivity index (χ0v) is 13.1. The second-order valence-electron chi connectivity index (χ2n) is 5.43. The second kappa shape index (κ2) is 5.29. The summed E-state index contributed by atoms with van der Waals surface area (Å²) in [7, 11) is -3.93. The lowest BCUT2D eigenvalue weighted by molar-refractivity contribution is -0.114. The van der Waals surface area contributed by atoms with Gasteiger partial charge in [-0.3, -0.25) is 9.59 Å². The number of aryl methyl sites for hydroxylation is 1. The van der Waals surface area contributed by atoms with Crippen LogP contribution in [-0.2, 0) is 21.4 Å². The largest absolute Gasteiger partial charge is 0.300 e. The van der Waals surface area contributed by atoms with E-state index in [1.807, 2.05) is 31.2 Å². The van der Waals surface area contributed by atoms with Crippen molar-refractivity contribution in [1.29, 1.82) is 0 Å². The molecular weight excluding hydrogens is 316 g/mol. The zero-order valence-electron chi connectivity index (χ0n) is 12.3. The molecule has 1 heterocycles. The predicted molar refractivity (Wildman–Crippen MR) is 84.5 cm³/mol. The van der Waals surface area contributed by atoms with Crippen LogP contribution in [0, 0.1) is 6.92 Å². The van der Waals surface area contributed by atoms with Gasteiger partial charge >= 0.3 is 0 Å². The smallest absolute Gasteiger partial charge is 0.299 e. The Morgan fingerprint density at radius 1 is 1.09 bits per heavy atom. The Labute approximate surface area is 133 Å². The number of hydrogen-bond acceptors (Lipinski definition) is 4. The molecule has 23 heavy (non-hydrogen) atoms. The van der Waals surface area contributed by atoms with Gasteiger partial charge in [0.05, 0.1) is 22.7 Å². The molecule has 0 saturated heterocycles. The van der Waals surface area contributed by atoms with Gasteiger partial charge < -0.3 is 4.90 Å².